The van der Waals surface area contributed by atoms with Gasteiger partial charge in [0.15, 0.2) is 0 Å². The fraction of sp³-hybridized carbons (Fsp3) is 0.417. The number of aromatic nitrogens is 4. The van der Waals surface area contributed by atoms with E-state index < -0.39 is 5.56 Å². The van der Waals surface area contributed by atoms with Gasteiger partial charge in [0.05, 0.1) is 13.1 Å². The van der Waals surface area contributed by atoms with Crippen LogP contribution < -0.4 is 17.0 Å². The van der Waals surface area contributed by atoms with Crippen molar-refractivity contribution in [3.63, 3.8) is 0 Å². The van der Waals surface area contributed by atoms with E-state index >= 15 is 0 Å². The van der Waals surface area contributed by atoms with Crippen LogP contribution in [0.4, 0.5) is 5.69 Å². The molecule has 7 heteroatoms. The molecule has 0 aliphatic carbocycles. The van der Waals surface area contributed by atoms with Crippen LogP contribution in [0.2, 0.25) is 0 Å². The number of hydrogen-bond acceptors (Lipinski definition) is 4. The second kappa shape index (κ2) is 5.55. The van der Waals surface area contributed by atoms with Crippen molar-refractivity contribution < 1.29 is 0 Å². The standard InChI is InChI=1S/C12H17N5O2/c1-2-5-15-9-10(13)11(18)17(12(15)19)8-7-16-6-3-4-14-16/h3-4,6,9H,2,5,7-8,13H2,1H3. The van der Waals surface area contributed by atoms with Crippen LogP contribution in [0, 0.1) is 0 Å². The van der Waals surface area contributed by atoms with Gasteiger partial charge in [0, 0.05) is 25.1 Å². The summed E-state index contributed by atoms with van der Waals surface area (Å²) < 4.78 is 4.30. The van der Waals surface area contributed by atoms with Crippen LogP contribution in [0.25, 0.3) is 0 Å². The SMILES string of the molecule is CCCn1cc(N)c(=O)n(CCn2cccn2)c1=O. The van der Waals surface area contributed by atoms with Gasteiger partial charge in [0.2, 0.25) is 0 Å². The number of anilines is 1. The maximum absolute atomic E-state index is 12.1. The molecule has 0 saturated carbocycles. The number of rotatable bonds is 5. The molecule has 0 aliphatic heterocycles. The van der Waals surface area contributed by atoms with E-state index in [1.807, 2.05) is 6.92 Å². The molecular weight excluding hydrogens is 246 g/mol. The average Bonchev–Trinajstić information content (AvgIpc) is 2.89. The predicted molar refractivity (Wildman–Crippen MR) is 71.9 cm³/mol. The third-order valence-electron chi connectivity index (χ3n) is 2.84. The molecule has 0 spiro atoms. The summed E-state index contributed by atoms with van der Waals surface area (Å²) in [5, 5.41) is 4.03. The van der Waals surface area contributed by atoms with Gasteiger partial charge in [-0.1, -0.05) is 6.92 Å². The summed E-state index contributed by atoms with van der Waals surface area (Å²) in [6, 6.07) is 1.79. The number of hydrogen-bond donors (Lipinski definition) is 1. The van der Waals surface area contributed by atoms with Crippen molar-refractivity contribution in [3.05, 3.63) is 45.5 Å². The summed E-state index contributed by atoms with van der Waals surface area (Å²) >= 11 is 0. The zero-order chi connectivity index (χ0) is 13.8. The largest absolute Gasteiger partial charge is 0.393 e. The predicted octanol–water partition coefficient (Wildman–Crippen LogP) is -0.101. The van der Waals surface area contributed by atoms with Crippen LogP contribution in [0.1, 0.15) is 13.3 Å². The highest BCUT2D eigenvalue weighted by atomic mass is 16.2. The highest BCUT2D eigenvalue weighted by molar-refractivity contribution is 5.30. The third kappa shape index (κ3) is 2.75. The summed E-state index contributed by atoms with van der Waals surface area (Å²) in [5.74, 6) is 0. The van der Waals surface area contributed by atoms with E-state index in [2.05, 4.69) is 5.10 Å². The molecule has 7 nitrogen and oxygen atoms in total. The minimum absolute atomic E-state index is 0.0912. The fourth-order valence-corrected chi connectivity index (χ4v) is 1.91. The first-order chi connectivity index (χ1) is 9.13. The van der Waals surface area contributed by atoms with Crippen molar-refractivity contribution in [2.45, 2.75) is 33.0 Å². The van der Waals surface area contributed by atoms with E-state index in [0.29, 0.717) is 13.1 Å². The van der Waals surface area contributed by atoms with Crippen LogP contribution >= 0.6 is 0 Å². The van der Waals surface area contributed by atoms with Gasteiger partial charge in [-0.15, -0.1) is 0 Å². The Kier molecular flexibility index (Phi) is 3.84. The fourth-order valence-electron chi connectivity index (χ4n) is 1.91. The monoisotopic (exact) mass is 263 g/mol. The molecule has 2 heterocycles. The lowest BCUT2D eigenvalue weighted by Gasteiger charge is -2.10. The normalized spacial score (nSPS) is 10.8. The van der Waals surface area contributed by atoms with Crippen LogP contribution in [-0.2, 0) is 19.6 Å². The van der Waals surface area contributed by atoms with Crippen molar-refractivity contribution in [2.24, 2.45) is 0 Å². The van der Waals surface area contributed by atoms with E-state index in [0.717, 1.165) is 11.0 Å². The first-order valence-corrected chi connectivity index (χ1v) is 6.20. The van der Waals surface area contributed by atoms with Crippen LogP contribution in [-0.4, -0.2) is 18.9 Å². The zero-order valence-electron chi connectivity index (χ0n) is 10.8. The van der Waals surface area contributed by atoms with E-state index in [4.69, 9.17) is 5.73 Å². The lowest BCUT2D eigenvalue weighted by atomic mass is 10.4. The Bertz CT molecular complexity index is 654. The topological polar surface area (TPSA) is 87.8 Å². The number of nitrogens with zero attached hydrogens (tertiary/aromatic N) is 4. The molecule has 0 unspecified atom stereocenters. The van der Waals surface area contributed by atoms with Gasteiger partial charge in [-0.2, -0.15) is 5.10 Å². The van der Waals surface area contributed by atoms with E-state index in [9.17, 15) is 9.59 Å². The molecule has 0 fully saturated rings. The van der Waals surface area contributed by atoms with Gasteiger partial charge in [-0.05, 0) is 12.5 Å². The summed E-state index contributed by atoms with van der Waals surface area (Å²) in [7, 11) is 0. The Hall–Kier alpha value is -2.31. The van der Waals surface area contributed by atoms with Gasteiger partial charge >= 0.3 is 5.69 Å². The van der Waals surface area contributed by atoms with Crippen molar-refractivity contribution in [1.82, 2.24) is 18.9 Å². The maximum Gasteiger partial charge on any atom is 0.331 e. The molecule has 2 rings (SSSR count). The zero-order valence-corrected chi connectivity index (χ0v) is 10.8. The molecule has 2 N–H and O–H groups in total. The van der Waals surface area contributed by atoms with Gasteiger partial charge in [-0.3, -0.25) is 18.6 Å². The van der Waals surface area contributed by atoms with Crippen molar-refractivity contribution >= 4 is 5.69 Å². The second-order valence-corrected chi connectivity index (χ2v) is 4.29. The molecule has 19 heavy (non-hydrogen) atoms. The minimum Gasteiger partial charge on any atom is -0.393 e. The third-order valence-corrected chi connectivity index (χ3v) is 2.84. The Balaban J connectivity index is 2.33. The van der Waals surface area contributed by atoms with Crippen LogP contribution in [0.5, 0.6) is 0 Å². The maximum atomic E-state index is 12.1. The molecule has 0 amide bonds. The lowest BCUT2D eigenvalue weighted by Crippen LogP contribution is -2.41. The summed E-state index contributed by atoms with van der Waals surface area (Å²) in [6.45, 7) is 3.22. The van der Waals surface area contributed by atoms with Crippen LogP contribution in [0.3, 0.4) is 0 Å². The first-order valence-electron chi connectivity index (χ1n) is 6.20. The molecule has 0 aliphatic rings. The van der Waals surface area contributed by atoms with Gasteiger partial charge < -0.3 is 5.73 Å². The molecule has 0 atom stereocenters. The smallest absolute Gasteiger partial charge is 0.331 e. The highest BCUT2D eigenvalue weighted by Crippen LogP contribution is 1.93. The Labute approximate surface area is 109 Å². The molecule has 2 aromatic rings. The van der Waals surface area contributed by atoms with E-state index in [1.54, 1.807) is 23.1 Å². The van der Waals surface area contributed by atoms with Crippen molar-refractivity contribution in [3.8, 4) is 0 Å². The van der Waals surface area contributed by atoms with Gasteiger partial charge in [-0.25, -0.2) is 4.79 Å². The number of nitrogens with two attached hydrogens (primary N) is 1. The Morgan fingerprint density at radius 3 is 2.68 bits per heavy atom. The first kappa shape index (κ1) is 13.1. The molecular formula is C12H17N5O2. The summed E-state index contributed by atoms with van der Waals surface area (Å²) in [6.07, 6.45) is 5.65. The average molecular weight is 263 g/mol. The minimum atomic E-state index is -0.440. The van der Waals surface area contributed by atoms with Crippen LogP contribution in [0.15, 0.2) is 34.2 Å². The highest BCUT2D eigenvalue weighted by Gasteiger charge is 2.08. The van der Waals surface area contributed by atoms with E-state index in [1.165, 1.54) is 10.8 Å². The molecule has 0 bridgehead atoms. The second-order valence-electron chi connectivity index (χ2n) is 4.29. The summed E-state index contributed by atoms with van der Waals surface area (Å²) in [5.41, 5.74) is 4.98. The summed E-state index contributed by atoms with van der Waals surface area (Å²) in [4.78, 5) is 24.0. The Morgan fingerprint density at radius 2 is 2.05 bits per heavy atom. The quantitative estimate of drug-likeness (QED) is 0.816. The van der Waals surface area contributed by atoms with Gasteiger partial charge in [0.25, 0.3) is 5.56 Å². The van der Waals surface area contributed by atoms with E-state index in [-0.39, 0.29) is 17.9 Å². The number of nitrogen functional groups attached to an aromatic ring is 1. The Morgan fingerprint density at radius 1 is 1.26 bits per heavy atom. The molecule has 102 valence electrons. The molecule has 0 aromatic carbocycles. The molecule has 0 saturated heterocycles. The lowest BCUT2D eigenvalue weighted by molar-refractivity contribution is 0.484. The molecule has 2 aromatic heterocycles. The molecule has 0 radical (unpaired) electrons. The van der Waals surface area contributed by atoms with Crippen molar-refractivity contribution in [1.29, 1.82) is 0 Å². The number of aryl methyl sites for hydroxylation is 2. The van der Waals surface area contributed by atoms with Gasteiger partial charge in [0.1, 0.15) is 5.69 Å². The van der Waals surface area contributed by atoms with Crippen molar-refractivity contribution in [2.75, 3.05) is 5.73 Å².